The number of hydrogen-bond acceptors (Lipinski definition) is 7. The summed E-state index contributed by atoms with van der Waals surface area (Å²) in [6, 6.07) is 12.7. The van der Waals surface area contributed by atoms with Crippen molar-refractivity contribution in [1.82, 2.24) is 20.3 Å². The molecule has 0 unspecified atom stereocenters. The second kappa shape index (κ2) is 10.6. The van der Waals surface area contributed by atoms with Crippen molar-refractivity contribution in [3.63, 3.8) is 0 Å². The zero-order chi connectivity index (χ0) is 24.9. The number of halogens is 1. The first-order chi connectivity index (χ1) is 16.9. The van der Waals surface area contributed by atoms with Crippen LogP contribution in [0.2, 0.25) is 5.02 Å². The zero-order valence-corrected chi connectivity index (χ0v) is 20.0. The number of rotatable bonds is 7. The second-order valence-corrected chi connectivity index (χ2v) is 8.64. The van der Waals surface area contributed by atoms with Gasteiger partial charge in [0.05, 0.1) is 10.7 Å². The molecule has 0 aliphatic rings. The molecule has 4 rings (SSSR count). The number of aromatic amines is 1. The fraction of sp³-hybridized carbons (Fsp3) is 0.125. The van der Waals surface area contributed by atoms with Crippen LogP contribution in [0.25, 0.3) is 11.0 Å². The average molecular weight is 510 g/mol. The molecule has 2 amide bonds. The van der Waals surface area contributed by atoms with Crippen LogP contribution in [0.1, 0.15) is 26.3 Å². The Morgan fingerprint density at radius 1 is 1.14 bits per heavy atom. The van der Waals surface area contributed by atoms with Gasteiger partial charge >= 0.3 is 0 Å². The predicted molar refractivity (Wildman–Crippen MR) is 135 cm³/mol. The average Bonchev–Trinajstić information content (AvgIpc) is 2.85. The van der Waals surface area contributed by atoms with E-state index >= 15 is 0 Å². The molecule has 4 aromatic rings. The Balaban J connectivity index is 1.48. The lowest BCUT2D eigenvalue weighted by Gasteiger charge is -2.11. The summed E-state index contributed by atoms with van der Waals surface area (Å²) >= 11 is 7.55. The SMILES string of the molecule is CSc1ncc2cc(C(=O)Nc3cc(C(=O)NCCc4ccccc4O)ccc3Cl)c(=O)[nH]c2n1. The maximum Gasteiger partial charge on any atom is 0.262 e. The number of aromatic hydroxyl groups is 1. The summed E-state index contributed by atoms with van der Waals surface area (Å²) < 4.78 is 0. The number of anilines is 1. The fourth-order valence-electron chi connectivity index (χ4n) is 3.33. The highest BCUT2D eigenvalue weighted by Gasteiger charge is 2.16. The monoisotopic (exact) mass is 509 g/mol. The van der Waals surface area contributed by atoms with Crippen molar-refractivity contribution < 1.29 is 14.7 Å². The second-order valence-electron chi connectivity index (χ2n) is 7.46. The lowest BCUT2D eigenvalue weighted by Crippen LogP contribution is -2.26. The lowest BCUT2D eigenvalue weighted by molar-refractivity contribution is 0.0952. The molecule has 0 radical (unpaired) electrons. The minimum atomic E-state index is -0.693. The normalized spacial score (nSPS) is 10.8. The van der Waals surface area contributed by atoms with Gasteiger partial charge in [-0.2, -0.15) is 0 Å². The van der Waals surface area contributed by atoms with Crippen LogP contribution < -0.4 is 16.2 Å². The van der Waals surface area contributed by atoms with E-state index in [9.17, 15) is 19.5 Å². The van der Waals surface area contributed by atoms with Gasteiger partial charge in [-0.15, -0.1) is 0 Å². The minimum Gasteiger partial charge on any atom is -0.508 e. The summed E-state index contributed by atoms with van der Waals surface area (Å²) in [4.78, 5) is 48.9. The van der Waals surface area contributed by atoms with Gasteiger partial charge in [-0.25, -0.2) is 9.97 Å². The van der Waals surface area contributed by atoms with E-state index in [1.807, 2.05) is 6.26 Å². The molecule has 35 heavy (non-hydrogen) atoms. The van der Waals surface area contributed by atoms with Gasteiger partial charge in [0.2, 0.25) is 0 Å². The molecule has 0 aliphatic carbocycles. The number of carbonyl (C=O) groups is 2. The fourth-order valence-corrected chi connectivity index (χ4v) is 3.84. The van der Waals surface area contributed by atoms with Crippen LogP contribution in [0.4, 0.5) is 5.69 Å². The standard InChI is InChI=1S/C24H20ClN5O4S/c1-35-24-27-12-15-10-16(23(34)29-20(15)30-24)22(33)28-18-11-14(6-7-17(18)25)21(32)26-9-8-13-4-2-3-5-19(13)31/h2-7,10-12,31H,8-9H2,1H3,(H,26,32)(H,28,33)(H,27,29,30,34). The van der Waals surface area contributed by atoms with E-state index in [1.54, 1.807) is 24.3 Å². The topological polar surface area (TPSA) is 137 Å². The number of phenolic OH excluding ortho intramolecular Hbond substituents is 1. The minimum absolute atomic E-state index is 0.147. The van der Waals surface area contributed by atoms with Crippen LogP contribution in [0.5, 0.6) is 5.75 Å². The van der Waals surface area contributed by atoms with Crippen molar-refractivity contribution >= 4 is 51.9 Å². The molecule has 0 saturated heterocycles. The highest BCUT2D eigenvalue weighted by atomic mass is 35.5. The third-order valence-corrected chi connectivity index (χ3v) is 6.04. The van der Waals surface area contributed by atoms with Crippen molar-refractivity contribution in [1.29, 1.82) is 0 Å². The third kappa shape index (κ3) is 5.61. The number of phenols is 1. The number of thioether (sulfide) groups is 1. The summed E-state index contributed by atoms with van der Waals surface area (Å²) in [6.07, 6.45) is 3.78. The van der Waals surface area contributed by atoms with E-state index in [2.05, 4.69) is 25.6 Å². The van der Waals surface area contributed by atoms with Crippen molar-refractivity contribution in [2.24, 2.45) is 0 Å². The predicted octanol–water partition coefficient (Wildman–Crippen LogP) is 3.62. The third-order valence-electron chi connectivity index (χ3n) is 5.15. The van der Waals surface area contributed by atoms with Gasteiger partial charge in [-0.3, -0.25) is 14.4 Å². The first kappa shape index (κ1) is 24.2. The molecule has 0 aliphatic heterocycles. The molecule has 2 heterocycles. The van der Waals surface area contributed by atoms with E-state index in [4.69, 9.17) is 11.6 Å². The van der Waals surface area contributed by atoms with Crippen LogP contribution in [-0.2, 0) is 6.42 Å². The largest absolute Gasteiger partial charge is 0.508 e. The molecule has 0 saturated carbocycles. The van der Waals surface area contributed by atoms with E-state index in [0.29, 0.717) is 34.7 Å². The number of pyridine rings is 1. The summed E-state index contributed by atoms with van der Waals surface area (Å²) in [6.45, 7) is 0.299. The maximum absolute atomic E-state index is 12.8. The molecule has 0 spiro atoms. The number of fused-ring (bicyclic) bond motifs is 1. The Labute approximate surface area is 209 Å². The number of H-pyrrole nitrogens is 1. The van der Waals surface area contributed by atoms with E-state index in [-0.39, 0.29) is 33.5 Å². The zero-order valence-electron chi connectivity index (χ0n) is 18.5. The van der Waals surface area contributed by atoms with E-state index in [0.717, 1.165) is 0 Å². The van der Waals surface area contributed by atoms with Crippen molar-refractivity contribution in [2.45, 2.75) is 11.6 Å². The first-order valence-corrected chi connectivity index (χ1v) is 12.1. The number of nitrogens with zero attached hydrogens (tertiary/aromatic N) is 2. The van der Waals surface area contributed by atoms with Crippen LogP contribution >= 0.6 is 23.4 Å². The van der Waals surface area contributed by atoms with Crippen LogP contribution in [0.15, 0.2) is 64.7 Å². The molecular weight excluding hydrogens is 490 g/mol. The smallest absolute Gasteiger partial charge is 0.262 e. The van der Waals surface area contributed by atoms with Gasteiger partial charge in [0.1, 0.15) is 17.0 Å². The Kier molecular flexibility index (Phi) is 7.33. The van der Waals surface area contributed by atoms with E-state index < -0.39 is 11.5 Å². The first-order valence-electron chi connectivity index (χ1n) is 10.5. The molecule has 0 bridgehead atoms. The lowest BCUT2D eigenvalue weighted by atomic mass is 10.1. The van der Waals surface area contributed by atoms with Gasteiger partial charge in [0.25, 0.3) is 17.4 Å². The number of benzene rings is 2. The molecule has 4 N–H and O–H groups in total. The Hall–Kier alpha value is -3.89. The summed E-state index contributed by atoms with van der Waals surface area (Å²) in [7, 11) is 0. The van der Waals surface area contributed by atoms with Crippen molar-refractivity contribution in [2.75, 3.05) is 18.1 Å². The number of amides is 2. The Bertz CT molecular complexity index is 1490. The highest BCUT2D eigenvalue weighted by Crippen LogP contribution is 2.24. The number of carbonyl (C=O) groups excluding carboxylic acids is 2. The summed E-state index contributed by atoms with van der Waals surface area (Å²) in [5.74, 6) is -0.905. The van der Waals surface area contributed by atoms with Gasteiger partial charge in [-0.1, -0.05) is 41.6 Å². The molecule has 9 nitrogen and oxygen atoms in total. The van der Waals surface area contributed by atoms with Crippen LogP contribution in [-0.4, -0.2) is 44.7 Å². The number of para-hydroxylation sites is 1. The number of nitrogens with one attached hydrogen (secondary N) is 3. The quantitative estimate of drug-likeness (QED) is 0.220. The highest BCUT2D eigenvalue weighted by molar-refractivity contribution is 7.98. The number of aromatic nitrogens is 3. The molecule has 0 fully saturated rings. The Morgan fingerprint density at radius 3 is 2.71 bits per heavy atom. The van der Waals surface area contributed by atoms with Crippen LogP contribution in [0.3, 0.4) is 0 Å². The molecule has 2 aromatic heterocycles. The van der Waals surface area contributed by atoms with Gasteiger partial charge in [0, 0.05) is 23.7 Å². The van der Waals surface area contributed by atoms with E-state index in [1.165, 1.54) is 42.2 Å². The molecule has 178 valence electrons. The Morgan fingerprint density at radius 2 is 1.94 bits per heavy atom. The van der Waals surface area contributed by atoms with Crippen molar-refractivity contribution in [3.05, 3.63) is 86.8 Å². The van der Waals surface area contributed by atoms with Crippen molar-refractivity contribution in [3.8, 4) is 5.75 Å². The van der Waals surface area contributed by atoms with Crippen LogP contribution in [0, 0.1) is 0 Å². The number of hydrogen-bond donors (Lipinski definition) is 4. The maximum atomic E-state index is 12.8. The molecular formula is C24H20ClN5O4S. The summed E-state index contributed by atoms with van der Waals surface area (Å²) in [5, 5.41) is 16.4. The molecule has 0 atom stereocenters. The molecule has 11 heteroatoms. The van der Waals surface area contributed by atoms with Gasteiger partial charge in [0.15, 0.2) is 5.16 Å². The van der Waals surface area contributed by atoms with Gasteiger partial charge < -0.3 is 20.7 Å². The van der Waals surface area contributed by atoms with Gasteiger partial charge in [-0.05, 0) is 48.6 Å². The molecule has 2 aromatic carbocycles. The summed E-state index contributed by atoms with van der Waals surface area (Å²) in [5.41, 5.74) is 0.728.